The van der Waals surface area contributed by atoms with E-state index in [1.165, 1.54) is 16.8 Å². The monoisotopic (exact) mass is 522 g/mol. The Balaban J connectivity index is 0.00000324. The molecule has 0 bridgehead atoms. The van der Waals surface area contributed by atoms with Crippen LogP contribution in [0.25, 0.3) is 11.4 Å². The normalized spacial score (nSPS) is 11.7. The number of para-hydroxylation sites is 2. The van der Waals surface area contributed by atoms with Crippen molar-refractivity contribution in [3.05, 3.63) is 88.9 Å². The van der Waals surface area contributed by atoms with Crippen molar-refractivity contribution in [2.45, 2.75) is 13.8 Å². The summed E-state index contributed by atoms with van der Waals surface area (Å²) in [5.41, 5.74) is 5.44. The molecule has 0 fully saturated rings. The van der Waals surface area contributed by atoms with E-state index < -0.39 is 0 Å². The molecule has 0 radical (unpaired) electrons. The first-order valence-electron chi connectivity index (χ1n) is 10.0. The molecule has 34 heavy (non-hydrogen) atoms. The summed E-state index contributed by atoms with van der Waals surface area (Å²) in [7, 11) is 0. The van der Waals surface area contributed by atoms with Gasteiger partial charge in [-0.05, 0) is 49.2 Å². The minimum atomic E-state index is -0.143. The van der Waals surface area contributed by atoms with Gasteiger partial charge in [0.2, 0.25) is 0 Å². The van der Waals surface area contributed by atoms with E-state index in [1.54, 1.807) is 74.5 Å². The van der Waals surface area contributed by atoms with E-state index in [0.29, 0.717) is 33.4 Å². The van der Waals surface area contributed by atoms with E-state index in [4.69, 9.17) is 11.6 Å². The SMILES string of the molecule is C/C(=N\Nc1nnc(-c2ccc(Cl)cc2)n1/N=C(\C)c1ccccc1[O-])c1ccccc1[O-].[Zn+2]. The first-order valence-corrected chi connectivity index (χ1v) is 10.4. The predicted octanol–water partition coefficient (Wildman–Crippen LogP) is 3.85. The maximum absolute atomic E-state index is 12.3. The molecule has 10 heteroatoms. The number of anilines is 1. The summed E-state index contributed by atoms with van der Waals surface area (Å²) >= 11 is 6.02. The summed E-state index contributed by atoms with van der Waals surface area (Å²) in [5.74, 6) is 0.361. The van der Waals surface area contributed by atoms with Crippen LogP contribution in [0.2, 0.25) is 5.02 Å². The molecule has 1 aromatic heterocycles. The molecule has 0 aliphatic rings. The molecule has 8 nitrogen and oxygen atoms in total. The summed E-state index contributed by atoms with van der Waals surface area (Å²) in [4.78, 5) is 0. The van der Waals surface area contributed by atoms with Crippen LogP contribution in [-0.4, -0.2) is 26.3 Å². The average molecular weight is 524 g/mol. The van der Waals surface area contributed by atoms with Crippen molar-refractivity contribution in [2.75, 3.05) is 5.43 Å². The smallest absolute Gasteiger partial charge is 0.872 e. The van der Waals surface area contributed by atoms with Crippen molar-refractivity contribution in [1.29, 1.82) is 0 Å². The van der Waals surface area contributed by atoms with Crippen molar-refractivity contribution in [3.63, 3.8) is 0 Å². The minimum absolute atomic E-state index is 0. The first-order chi connectivity index (χ1) is 15.9. The average Bonchev–Trinajstić information content (AvgIpc) is 3.20. The second-order valence-corrected chi connectivity index (χ2v) is 7.59. The number of hydrogen-bond donors (Lipinski definition) is 1. The molecule has 1 N–H and O–H groups in total. The fourth-order valence-corrected chi connectivity index (χ4v) is 3.28. The number of hydrazone groups is 1. The molecule has 0 saturated heterocycles. The molecular formula is C24H19ClN6O2Zn. The van der Waals surface area contributed by atoms with E-state index in [2.05, 4.69) is 25.8 Å². The number of nitrogens with zero attached hydrogens (tertiary/aromatic N) is 5. The van der Waals surface area contributed by atoms with Crippen LogP contribution in [0.3, 0.4) is 0 Å². The Hall–Kier alpha value is -3.55. The van der Waals surface area contributed by atoms with Crippen molar-refractivity contribution in [3.8, 4) is 22.9 Å². The Morgan fingerprint density at radius 3 is 1.97 bits per heavy atom. The van der Waals surface area contributed by atoms with Gasteiger partial charge in [0, 0.05) is 10.6 Å². The van der Waals surface area contributed by atoms with Crippen molar-refractivity contribution in [2.24, 2.45) is 10.2 Å². The van der Waals surface area contributed by atoms with E-state index >= 15 is 0 Å². The molecule has 0 aliphatic heterocycles. The molecule has 0 amide bonds. The number of rotatable bonds is 6. The van der Waals surface area contributed by atoms with Crippen LogP contribution in [0.15, 0.2) is 83.0 Å². The molecule has 4 rings (SSSR count). The van der Waals surface area contributed by atoms with E-state index in [9.17, 15) is 10.2 Å². The van der Waals surface area contributed by atoms with Gasteiger partial charge in [0.05, 0.1) is 11.4 Å². The summed E-state index contributed by atoms with van der Waals surface area (Å²) in [5, 5.41) is 42.2. The largest absolute Gasteiger partial charge is 2.00 e. The topological polar surface area (TPSA) is 114 Å². The van der Waals surface area contributed by atoms with Gasteiger partial charge in [-0.2, -0.15) is 14.9 Å². The molecule has 1 heterocycles. The van der Waals surface area contributed by atoms with Crippen molar-refractivity contribution < 1.29 is 29.7 Å². The Kier molecular flexibility index (Phi) is 8.15. The summed E-state index contributed by atoms with van der Waals surface area (Å²) in [6, 6.07) is 20.3. The molecule has 0 unspecified atom stereocenters. The number of hydrogen-bond acceptors (Lipinski definition) is 7. The van der Waals surface area contributed by atoms with Crippen molar-refractivity contribution >= 4 is 29.0 Å². The van der Waals surface area contributed by atoms with E-state index in [-0.39, 0.29) is 36.9 Å². The third kappa shape index (κ3) is 5.50. The van der Waals surface area contributed by atoms with Gasteiger partial charge in [0.15, 0.2) is 5.82 Å². The summed E-state index contributed by atoms with van der Waals surface area (Å²) < 4.78 is 1.46. The number of halogens is 1. The fraction of sp³-hybridized carbons (Fsp3) is 0.0833. The molecule has 0 atom stereocenters. The van der Waals surface area contributed by atoms with Crippen molar-refractivity contribution in [1.82, 2.24) is 14.9 Å². The van der Waals surface area contributed by atoms with Crippen LogP contribution in [0, 0.1) is 0 Å². The van der Waals surface area contributed by atoms with Crippen LogP contribution < -0.4 is 15.6 Å². The van der Waals surface area contributed by atoms with E-state index in [0.717, 1.165) is 5.56 Å². The zero-order valence-corrected chi connectivity index (χ0v) is 22.3. The van der Waals surface area contributed by atoms with Crippen LogP contribution in [0.4, 0.5) is 5.95 Å². The molecule has 3 aromatic carbocycles. The first kappa shape index (κ1) is 25.1. The molecule has 0 spiro atoms. The Morgan fingerprint density at radius 2 is 1.38 bits per heavy atom. The quantitative estimate of drug-likeness (QED) is 0.234. The maximum atomic E-state index is 12.3. The molecule has 4 aromatic rings. The van der Waals surface area contributed by atoms with Gasteiger partial charge in [-0.3, -0.25) is 0 Å². The van der Waals surface area contributed by atoms with Crippen LogP contribution in [0.1, 0.15) is 25.0 Å². The fourth-order valence-electron chi connectivity index (χ4n) is 3.15. The predicted molar refractivity (Wildman–Crippen MR) is 126 cm³/mol. The molecule has 166 valence electrons. The Labute approximate surface area is 214 Å². The number of benzene rings is 3. The number of nitrogens with one attached hydrogen (secondary N) is 1. The van der Waals surface area contributed by atoms with Gasteiger partial charge in [0.25, 0.3) is 5.95 Å². The van der Waals surface area contributed by atoms with Gasteiger partial charge in [-0.25, -0.2) is 5.43 Å². The maximum Gasteiger partial charge on any atom is 2.00 e. The third-order valence-electron chi connectivity index (χ3n) is 4.87. The second kappa shape index (κ2) is 11.1. The van der Waals surface area contributed by atoms with Gasteiger partial charge >= 0.3 is 19.5 Å². The zero-order valence-electron chi connectivity index (χ0n) is 18.6. The van der Waals surface area contributed by atoms with Crippen LogP contribution in [-0.2, 0) is 19.5 Å². The van der Waals surface area contributed by atoms with Crippen LogP contribution >= 0.6 is 11.6 Å². The minimum Gasteiger partial charge on any atom is -0.872 e. The Bertz CT molecular complexity index is 1350. The molecule has 0 saturated carbocycles. The third-order valence-corrected chi connectivity index (χ3v) is 5.12. The Morgan fingerprint density at radius 1 is 0.824 bits per heavy atom. The molecular weight excluding hydrogens is 505 g/mol. The zero-order chi connectivity index (χ0) is 23.4. The van der Waals surface area contributed by atoms with Crippen LogP contribution in [0.5, 0.6) is 11.5 Å². The van der Waals surface area contributed by atoms with Gasteiger partial charge in [-0.1, -0.05) is 71.6 Å². The second-order valence-electron chi connectivity index (χ2n) is 7.15. The standard InChI is InChI=1S/C24H21ClN6O2.Zn/c1-15(19-7-3-5-9-21(19)32)26-28-24-29-27-23(17-11-13-18(25)14-12-17)31(24)30-16(2)20-8-4-6-10-22(20)33;/h3-14,32-33H,1-2H3,(H,28,29);/q;+2/p-2/b26-15+,30-16+;. The van der Waals surface area contributed by atoms with Gasteiger partial charge in [0.1, 0.15) is 0 Å². The van der Waals surface area contributed by atoms with Gasteiger partial charge < -0.3 is 10.2 Å². The summed E-state index contributed by atoms with van der Waals surface area (Å²) in [6.45, 7) is 3.45. The summed E-state index contributed by atoms with van der Waals surface area (Å²) in [6.07, 6.45) is 0. The molecule has 0 aliphatic carbocycles. The van der Waals surface area contributed by atoms with Gasteiger partial charge in [-0.15, -0.1) is 10.2 Å². The number of aromatic nitrogens is 3. The van der Waals surface area contributed by atoms with E-state index in [1.807, 2.05) is 0 Å².